The van der Waals surface area contributed by atoms with Gasteiger partial charge in [0.15, 0.2) is 29.3 Å². The summed E-state index contributed by atoms with van der Waals surface area (Å²) in [5.74, 6) is -0.246. The van der Waals surface area contributed by atoms with Gasteiger partial charge in [0.05, 0.1) is 18.6 Å². The van der Waals surface area contributed by atoms with Crippen LogP contribution in [0.15, 0.2) is 67.0 Å². The average Bonchev–Trinajstić information content (AvgIpc) is 3.57. The molecule has 1 aliphatic rings. The number of hydrogen-bond acceptors (Lipinski definition) is 10. The summed E-state index contributed by atoms with van der Waals surface area (Å²) in [4.78, 5) is 26.2. The number of amides is 1. The first-order chi connectivity index (χ1) is 21.6. The van der Waals surface area contributed by atoms with Gasteiger partial charge in [0.1, 0.15) is 18.0 Å². The van der Waals surface area contributed by atoms with Gasteiger partial charge in [-0.2, -0.15) is 0 Å². The Hall–Kier alpha value is -3.95. The molecule has 0 aliphatic carbocycles. The zero-order valence-corrected chi connectivity index (χ0v) is 26.2. The summed E-state index contributed by atoms with van der Waals surface area (Å²) in [6.07, 6.45) is -4.05. The molecule has 240 valence electrons. The molecule has 0 bridgehead atoms. The first-order valence-corrected chi connectivity index (χ1v) is 16.6. The Kier molecular flexibility index (Phi) is 10.1. The van der Waals surface area contributed by atoms with Crippen LogP contribution in [-0.4, -0.2) is 81.2 Å². The molecule has 0 saturated carbocycles. The molecule has 13 nitrogen and oxygen atoms in total. The molecule has 0 spiro atoms. The van der Waals surface area contributed by atoms with Gasteiger partial charge in [-0.25, -0.2) is 28.1 Å². The highest BCUT2D eigenvalue weighted by atomic mass is 32.2. The molecule has 2 aromatic heterocycles. The molecule has 4 atom stereocenters. The maximum absolute atomic E-state index is 12.6. The third-order valence-electron chi connectivity index (χ3n) is 7.47. The number of aromatic nitrogens is 4. The molecule has 0 radical (unpaired) electrons. The number of rotatable bonds is 13. The summed E-state index contributed by atoms with van der Waals surface area (Å²) < 4.78 is 35.1. The minimum Gasteiger partial charge on any atom is -0.387 e. The maximum Gasteiger partial charge on any atom is 0.252 e. The Bertz CT molecular complexity index is 1660. The largest absolute Gasteiger partial charge is 0.387 e. The molecule has 4 unspecified atom stereocenters. The number of nitrogens with one attached hydrogen (secondary N) is 3. The van der Waals surface area contributed by atoms with Crippen molar-refractivity contribution in [3.63, 3.8) is 0 Å². The number of nitrogens with zero attached hydrogens (tertiary/aromatic N) is 4. The Balaban J connectivity index is 1.51. The van der Waals surface area contributed by atoms with Crippen LogP contribution in [-0.2, 0) is 26.1 Å². The molecule has 5 N–H and O–H groups in total. The number of carbonyl (C=O) groups excluding carboxylic acids is 1. The Labute approximate surface area is 262 Å². The van der Waals surface area contributed by atoms with E-state index in [2.05, 4.69) is 30.3 Å². The Morgan fingerprint density at radius 2 is 1.64 bits per heavy atom. The number of ether oxygens (including phenoxy) is 1. The van der Waals surface area contributed by atoms with Crippen LogP contribution in [0, 0.1) is 5.92 Å². The summed E-state index contributed by atoms with van der Waals surface area (Å²) in [7, 11) is -3.61. The zero-order chi connectivity index (χ0) is 32.1. The normalized spacial score (nSPS) is 20.2. The quantitative estimate of drug-likeness (QED) is 0.145. The highest BCUT2D eigenvalue weighted by molar-refractivity contribution is 7.89. The zero-order valence-electron chi connectivity index (χ0n) is 25.4. The van der Waals surface area contributed by atoms with Gasteiger partial charge in [0.25, 0.3) is 5.91 Å². The van der Waals surface area contributed by atoms with Gasteiger partial charge in [-0.1, -0.05) is 74.5 Å². The molecule has 1 fully saturated rings. The molecule has 1 aliphatic heterocycles. The van der Waals surface area contributed by atoms with Gasteiger partial charge in [-0.3, -0.25) is 9.36 Å². The van der Waals surface area contributed by atoms with E-state index in [4.69, 9.17) is 4.74 Å². The van der Waals surface area contributed by atoms with Crippen LogP contribution in [0.25, 0.3) is 11.2 Å². The van der Waals surface area contributed by atoms with E-state index >= 15 is 0 Å². The fraction of sp³-hybridized carbons (Fsp3) is 0.419. The van der Waals surface area contributed by atoms with E-state index in [1.54, 1.807) is 6.92 Å². The molecular weight excluding hydrogens is 598 g/mol. The van der Waals surface area contributed by atoms with Crippen LogP contribution in [0.5, 0.6) is 0 Å². The standard InChI is InChI=1S/C31H39N7O6S/c1-4-32-30(41)27-25(39)26(40)31(44-27)38-18-34-24-28(36-23(37-29(24)38)16-35-45(42,43)17-19(2)3)33-15-22(20-11-7-5-8-12-20)21-13-9-6-10-14-21/h5-14,18-19,22,25-27,31,35,39-40H,4,15-17H2,1-3H3,(H,32,41)(H,33,36,37). The summed E-state index contributed by atoms with van der Waals surface area (Å²) >= 11 is 0. The molecule has 1 saturated heterocycles. The second kappa shape index (κ2) is 14.0. The minimum absolute atomic E-state index is 0.0551. The van der Waals surface area contributed by atoms with Crippen molar-refractivity contribution in [3.05, 3.63) is 83.9 Å². The van der Waals surface area contributed by atoms with Crippen LogP contribution >= 0.6 is 0 Å². The van der Waals surface area contributed by atoms with Gasteiger partial charge >= 0.3 is 0 Å². The molecule has 4 aromatic rings. The molecule has 45 heavy (non-hydrogen) atoms. The maximum atomic E-state index is 12.6. The van der Waals surface area contributed by atoms with Crippen molar-refractivity contribution >= 4 is 32.9 Å². The lowest BCUT2D eigenvalue weighted by molar-refractivity contribution is -0.137. The van der Waals surface area contributed by atoms with Crippen molar-refractivity contribution in [2.75, 3.05) is 24.2 Å². The number of hydrogen-bond donors (Lipinski definition) is 5. The van der Waals surface area contributed by atoms with E-state index < -0.39 is 40.5 Å². The average molecular weight is 638 g/mol. The van der Waals surface area contributed by atoms with Gasteiger partial charge in [0.2, 0.25) is 10.0 Å². The topological polar surface area (TPSA) is 181 Å². The highest BCUT2D eigenvalue weighted by Crippen LogP contribution is 2.33. The van der Waals surface area contributed by atoms with Gasteiger partial charge < -0.3 is 25.6 Å². The van der Waals surface area contributed by atoms with Crippen LogP contribution in [0.2, 0.25) is 0 Å². The smallest absolute Gasteiger partial charge is 0.252 e. The van der Waals surface area contributed by atoms with Crippen LogP contribution in [0.3, 0.4) is 0 Å². The second-order valence-corrected chi connectivity index (χ2v) is 13.2. The van der Waals surface area contributed by atoms with E-state index in [1.165, 1.54) is 10.9 Å². The SMILES string of the molecule is CCNC(=O)C1OC(n2cnc3c(NCC(c4ccccc4)c4ccccc4)nc(CNS(=O)(=O)CC(C)C)nc32)C(O)C1O. The number of sulfonamides is 1. The van der Waals surface area contributed by atoms with Crippen LogP contribution in [0.4, 0.5) is 5.82 Å². The van der Waals surface area contributed by atoms with Gasteiger partial charge in [-0.05, 0) is 24.0 Å². The van der Waals surface area contributed by atoms with Gasteiger partial charge in [-0.15, -0.1) is 0 Å². The lowest BCUT2D eigenvalue weighted by atomic mass is 9.91. The van der Waals surface area contributed by atoms with Crippen LogP contribution < -0.4 is 15.4 Å². The van der Waals surface area contributed by atoms with Crippen molar-refractivity contribution in [2.24, 2.45) is 5.92 Å². The summed E-state index contributed by atoms with van der Waals surface area (Å²) in [5, 5.41) is 27.5. The summed E-state index contributed by atoms with van der Waals surface area (Å²) in [6.45, 7) is 5.92. The molecule has 14 heteroatoms. The minimum atomic E-state index is -3.61. The predicted octanol–water partition coefficient (Wildman–Crippen LogP) is 1.90. The van der Waals surface area contributed by atoms with Crippen molar-refractivity contribution < 1.29 is 28.2 Å². The molecule has 3 heterocycles. The van der Waals surface area contributed by atoms with E-state index in [1.807, 2.05) is 74.5 Å². The van der Waals surface area contributed by atoms with E-state index in [0.717, 1.165) is 11.1 Å². The number of carbonyl (C=O) groups is 1. The van der Waals surface area contributed by atoms with Crippen molar-refractivity contribution in [1.29, 1.82) is 0 Å². The number of aliphatic hydroxyl groups excluding tert-OH is 2. The van der Waals surface area contributed by atoms with Crippen LogP contribution in [0.1, 0.15) is 49.9 Å². The van der Waals surface area contributed by atoms with Crippen molar-refractivity contribution in [2.45, 2.75) is 57.8 Å². The highest BCUT2D eigenvalue weighted by Gasteiger charge is 2.47. The number of benzene rings is 2. The number of aliphatic hydroxyl groups is 2. The Morgan fingerprint density at radius 1 is 1.00 bits per heavy atom. The van der Waals surface area contributed by atoms with E-state index in [9.17, 15) is 23.4 Å². The molecule has 5 rings (SSSR count). The first kappa shape index (κ1) is 32.4. The summed E-state index contributed by atoms with van der Waals surface area (Å²) in [5.41, 5.74) is 2.74. The van der Waals surface area contributed by atoms with Gasteiger partial charge in [0, 0.05) is 19.0 Å². The van der Waals surface area contributed by atoms with E-state index in [0.29, 0.717) is 24.4 Å². The third kappa shape index (κ3) is 7.48. The monoisotopic (exact) mass is 637 g/mol. The number of likely N-dealkylation sites (N-methyl/N-ethyl adjacent to an activating group) is 1. The lowest BCUT2D eigenvalue weighted by Gasteiger charge is -2.20. The number of anilines is 1. The fourth-order valence-electron chi connectivity index (χ4n) is 5.40. The second-order valence-electron chi connectivity index (χ2n) is 11.4. The molecule has 1 amide bonds. The first-order valence-electron chi connectivity index (χ1n) is 14.9. The lowest BCUT2D eigenvalue weighted by Crippen LogP contribution is -2.42. The van der Waals surface area contributed by atoms with Crippen molar-refractivity contribution in [3.8, 4) is 0 Å². The number of imidazole rings is 1. The predicted molar refractivity (Wildman–Crippen MR) is 169 cm³/mol. The summed E-state index contributed by atoms with van der Waals surface area (Å²) in [6, 6.07) is 20.0. The molecule has 2 aromatic carbocycles. The van der Waals surface area contributed by atoms with Crippen molar-refractivity contribution in [1.82, 2.24) is 29.6 Å². The fourth-order valence-corrected chi connectivity index (χ4v) is 6.75. The Morgan fingerprint density at radius 3 is 2.24 bits per heavy atom. The van der Waals surface area contributed by atoms with E-state index in [-0.39, 0.29) is 35.6 Å². The molecular formula is C31H39N7O6S. The third-order valence-corrected chi connectivity index (χ3v) is 9.16. The number of fused-ring (bicyclic) bond motifs is 1.